The number of nitrogens with two attached hydrogens (primary N) is 1. The molecule has 11 heteroatoms. The quantitative estimate of drug-likeness (QED) is 0.587. The fourth-order valence-electron chi connectivity index (χ4n) is 5.21. The molecule has 3 heterocycles. The predicted octanol–water partition coefficient (Wildman–Crippen LogP) is 0.112. The molecule has 1 aromatic carbocycles. The van der Waals surface area contributed by atoms with Gasteiger partial charge in [-0.25, -0.2) is 16.8 Å². The molecule has 9 nitrogen and oxygen atoms in total. The molecule has 3 aliphatic heterocycles. The smallest absolute Gasteiger partial charge is 0.240 e. The van der Waals surface area contributed by atoms with Crippen LogP contribution in [0.1, 0.15) is 19.8 Å². The first-order valence-corrected chi connectivity index (χ1v) is 15.1. The number of nitrogens with zero attached hydrogens (tertiary/aromatic N) is 3. The molecule has 2 atom stereocenters. The lowest BCUT2D eigenvalue weighted by molar-refractivity contribution is -0.129. The number of carbonyl (C=O) groups excluding carboxylic acids is 1. The molecule has 3 aliphatic rings. The predicted molar refractivity (Wildman–Crippen MR) is 130 cm³/mol. The van der Waals surface area contributed by atoms with Crippen LogP contribution < -0.4 is 15.5 Å². The first-order chi connectivity index (χ1) is 15.5. The summed E-state index contributed by atoms with van der Waals surface area (Å²) in [6.45, 7) is 5.45. The Bertz CT molecular complexity index is 1080. The summed E-state index contributed by atoms with van der Waals surface area (Å²) in [5.74, 6) is -0.0857. The summed E-state index contributed by atoms with van der Waals surface area (Å²) in [5, 5.41) is -1.05. The average Bonchev–Trinajstić information content (AvgIpc) is 3.40. The van der Waals surface area contributed by atoms with Crippen LogP contribution in [0.2, 0.25) is 0 Å². The van der Waals surface area contributed by atoms with Gasteiger partial charge in [-0.05, 0) is 44.0 Å². The summed E-state index contributed by atoms with van der Waals surface area (Å²) < 4.78 is 47.9. The summed E-state index contributed by atoms with van der Waals surface area (Å²) in [7, 11) is -6.42. The van der Waals surface area contributed by atoms with Crippen LogP contribution in [-0.4, -0.2) is 96.0 Å². The largest absolute Gasteiger partial charge is 0.371 e. The van der Waals surface area contributed by atoms with Gasteiger partial charge in [0.2, 0.25) is 5.91 Å². The molecule has 33 heavy (non-hydrogen) atoms. The van der Waals surface area contributed by atoms with Gasteiger partial charge in [0, 0.05) is 62.6 Å². The second kappa shape index (κ2) is 9.07. The van der Waals surface area contributed by atoms with E-state index in [1.54, 1.807) is 4.90 Å². The van der Waals surface area contributed by atoms with Gasteiger partial charge in [0.15, 0.2) is 19.7 Å². The van der Waals surface area contributed by atoms with Crippen LogP contribution in [0.3, 0.4) is 0 Å². The Labute approximate surface area is 196 Å². The molecular formula is C22H34N4O5S2. The highest BCUT2D eigenvalue weighted by molar-refractivity contribution is 7.92. The molecule has 0 aliphatic carbocycles. The monoisotopic (exact) mass is 498 g/mol. The van der Waals surface area contributed by atoms with Crippen LogP contribution in [0, 0.1) is 5.41 Å². The molecule has 4 rings (SSSR count). The second-order valence-electron chi connectivity index (χ2n) is 9.63. The van der Waals surface area contributed by atoms with Crippen molar-refractivity contribution in [3.8, 4) is 0 Å². The van der Waals surface area contributed by atoms with E-state index in [9.17, 15) is 21.6 Å². The third kappa shape index (κ3) is 5.14. The molecule has 0 radical (unpaired) electrons. The van der Waals surface area contributed by atoms with Crippen LogP contribution in [0.25, 0.3) is 0 Å². The van der Waals surface area contributed by atoms with E-state index in [2.05, 4.69) is 21.9 Å². The van der Waals surface area contributed by atoms with Gasteiger partial charge < -0.3 is 20.4 Å². The van der Waals surface area contributed by atoms with E-state index in [0.29, 0.717) is 26.2 Å². The Morgan fingerprint density at radius 3 is 2.18 bits per heavy atom. The van der Waals surface area contributed by atoms with Gasteiger partial charge in [-0.3, -0.25) is 4.79 Å². The van der Waals surface area contributed by atoms with Gasteiger partial charge >= 0.3 is 0 Å². The maximum absolute atomic E-state index is 12.8. The van der Waals surface area contributed by atoms with Crippen LogP contribution in [0.5, 0.6) is 0 Å². The minimum atomic E-state index is -3.52. The van der Waals surface area contributed by atoms with Gasteiger partial charge in [-0.2, -0.15) is 0 Å². The zero-order valence-electron chi connectivity index (χ0n) is 19.1. The lowest BCUT2D eigenvalue weighted by Crippen LogP contribution is -2.43. The van der Waals surface area contributed by atoms with Crippen molar-refractivity contribution in [2.45, 2.75) is 25.0 Å². The fraction of sp³-hybridized carbons (Fsp3) is 0.682. The first kappa shape index (κ1) is 24.3. The molecular weight excluding hydrogens is 464 g/mol. The van der Waals surface area contributed by atoms with Crippen molar-refractivity contribution < 1.29 is 21.6 Å². The van der Waals surface area contributed by atoms with E-state index >= 15 is 0 Å². The second-order valence-corrected chi connectivity index (χ2v) is 14.4. The van der Waals surface area contributed by atoms with E-state index in [0.717, 1.165) is 37.3 Å². The van der Waals surface area contributed by atoms with Gasteiger partial charge in [-0.1, -0.05) is 0 Å². The number of benzene rings is 1. The number of rotatable bonds is 6. The molecule has 1 spiro atoms. The maximum Gasteiger partial charge on any atom is 0.240 e. The topological polar surface area (TPSA) is 121 Å². The van der Waals surface area contributed by atoms with Crippen LogP contribution in [0.4, 0.5) is 11.4 Å². The van der Waals surface area contributed by atoms with E-state index in [4.69, 9.17) is 5.73 Å². The Kier molecular flexibility index (Phi) is 6.67. The zero-order chi connectivity index (χ0) is 23.9. The minimum absolute atomic E-state index is 0.00703. The van der Waals surface area contributed by atoms with Crippen molar-refractivity contribution in [1.82, 2.24) is 4.90 Å². The van der Waals surface area contributed by atoms with Crippen molar-refractivity contribution in [2.75, 3.05) is 72.9 Å². The molecule has 1 aromatic rings. The highest BCUT2D eigenvalue weighted by Crippen LogP contribution is 2.41. The average molecular weight is 499 g/mol. The van der Waals surface area contributed by atoms with Crippen molar-refractivity contribution in [3.63, 3.8) is 0 Å². The van der Waals surface area contributed by atoms with E-state index in [-0.39, 0.29) is 35.1 Å². The molecule has 0 saturated carbocycles. The Hall–Kier alpha value is -1.85. The molecule has 3 saturated heterocycles. The fourth-order valence-corrected chi connectivity index (χ4v) is 7.55. The Morgan fingerprint density at radius 2 is 1.58 bits per heavy atom. The van der Waals surface area contributed by atoms with E-state index in [1.807, 2.05) is 12.1 Å². The van der Waals surface area contributed by atoms with Crippen LogP contribution in [-0.2, 0) is 24.5 Å². The summed E-state index contributed by atoms with van der Waals surface area (Å²) in [5.41, 5.74) is 7.54. The summed E-state index contributed by atoms with van der Waals surface area (Å²) in [4.78, 5) is 19.0. The third-order valence-electron chi connectivity index (χ3n) is 7.40. The number of anilines is 2. The lowest BCUT2D eigenvalue weighted by Gasteiger charge is -2.29. The first-order valence-electron chi connectivity index (χ1n) is 11.6. The normalized spacial score (nSPS) is 26.2. The third-order valence-corrected chi connectivity index (χ3v) is 11.1. The molecule has 1 amide bonds. The van der Waals surface area contributed by atoms with Crippen molar-refractivity contribution in [3.05, 3.63) is 24.3 Å². The Balaban J connectivity index is 1.36. The molecule has 0 bridgehead atoms. The summed E-state index contributed by atoms with van der Waals surface area (Å²) >= 11 is 0. The SMILES string of the molecule is CC(C(=O)N1CCC2(CCN(c3ccc(N4CCS(=O)(=O)CC4)cc3)C2)C1)S(=O)(=O)CCN. The van der Waals surface area contributed by atoms with Gasteiger partial charge in [0.05, 0.1) is 17.3 Å². The standard InChI is InChI=1S/C22H34N4O5S2/c1-18(33(30,31)13-8-23)21(27)26-10-7-22(17-26)6-9-25(16-22)20-4-2-19(3-5-20)24-11-14-32(28,29)15-12-24/h2-5,18H,6-17,23H2,1H3. The number of hydrogen-bond acceptors (Lipinski definition) is 8. The molecule has 3 fully saturated rings. The number of amides is 1. The lowest BCUT2D eigenvalue weighted by atomic mass is 9.86. The minimum Gasteiger partial charge on any atom is -0.371 e. The van der Waals surface area contributed by atoms with Gasteiger partial charge in [0.1, 0.15) is 5.25 Å². The van der Waals surface area contributed by atoms with E-state index in [1.165, 1.54) is 6.92 Å². The zero-order valence-corrected chi connectivity index (χ0v) is 20.8. The number of sulfone groups is 2. The highest BCUT2D eigenvalue weighted by atomic mass is 32.2. The molecule has 184 valence electrons. The highest BCUT2D eigenvalue weighted by Gasteiger charge is 2.46. The Morgan fingerprint density at radius 1 is 1.00 bits per heavy atom. The number of likely N-dealkylation sites (tertiary alicyclic amines) is 1. The molecule has 2 N–H and O–H groups in total. The van der Waals surface area contributed by atoms with Crippen LogP contribution >= 0.6 is 0 Å². The van der Waals surface area contributed by atoms with Crippen molar-refractivity contribution in [1.29, 1.82) is 0 Å². The van der Waals surface area contributed by atoms with Crippen LogP contribution in [0.15, 0.2) is 24.3 Å². The molecule has 0 aromatic heterocycles. The maximum atomic E-state index is 12.8. The van der Waals surface area contributed by atoms with Crippen molar-refractivity contribution in [2.24, 2.45) is 11.1 Å². The number of carbonyl (C=O) groups is 1. The summed E-state index contributed by atoms with van der Waals surface area (Å²) in [6, 6.07) is 8.26. The van der Waals surface area contributed by atoms with Crippen molar-refractivity contribution >= 4 is 37.0 Å². The summed E-state index contributed by atoms with van der Waals surface area (Å²) in [6.07, 6.45) is 1.84. The van der Waals surface area contributed by atoms with Gasteiger partial charge in [-0.15, -0.1) is 0 Å². The van der Waals surface area contributed by atoms with E-state index < -0.39 is 24.9 Å². The molecule has 2 unspecified atom stereocenters. The number of hydrogen-bond donors (Lipinski definition) is 1. The van der Waals surface area contributed by atoms with Gasteiger partial charge in [0.25, 0.3) is 0 Å².